The summed E-state index contributed by atoms with van der Waals surface area (Å²) in [6, 6.07) is 3.21. The predicted molar refractivity (Wildman–Crippen MR) is 64.8 cm³/mol. The molecule has 0 radical (unpaired) electrons. The highest BCUT2D eigenvalue weighted by atomic mass is 16.5. The first-order valence-electron chi connectivity index (χ1n) is 5.84. The lowest BCUT2D eigenvalue weighted by Crippen LogP contribution is -2.20. The summed E-state index contributed by atoms with van der Waals surface area (Å²) in [5, 5.41) is 3.83. The quantitative estimate of drug-likeness (QED) is 0.875. The third-order valence-electron chi connectivity index (χ3n) is 2.33. The Morgan fingerprint density at radius 2 is 2.17 bits per heavy atom. The van der Waals surface area contributed by atoms with E-state index >= 15 is 0 Å². The Morgan fingerprint density at radius 3 is 2.78 bits per heavy atom. The summed E-state index contributed by atoms with van der Waals surface area (Å²) in [6.45, 7) is 6.09. The zero-order valence-corrected chi connectivity index (χ0v) is 10.7. The van der Waals surface area contributed by atoms with E-state index in [0.29, 0.717) is 24.1 Å². The van der Waals surface area contributed by atoms with E-state index in [9.17, 15) is 0 Å². The van der Waals surface area contributed by atoms with Crippen molar-refractivity contribution >= 4 is 0 Å². The lowest BCUT2D eigenvalue weighted by molar-refractivity contribution is 0.0665. The molecule has 1 atom stereocenters. The fourth-order valence-electron chi connectivity index (χ4n) is 1.41. The SMILES string of the molecule is Cc1ccc(-c2nc(C(N)COC(C)C)no2)o1. The van der Waals surface area contributed by atoms with Crippen LogP contribution in [0, 0.1) is 6.92 Å². The van der Waals surface area contributed by atoms with Gasteiger partial charge in [-0.15, -0.1) is 0 Å². The molecule has 2 rings (SSSR count). The minimum Gasteiger partial charge on any atom is -0.456 e. The Balaban J connectivity index is 2.06. The molecule has 0 bridgehead atoms. The van der Waals surface area contributed by atoms with Crippen LogP contribution < -0.4 is 5.73 Å². The molecule has 2 aromatic heterocycles. The molecule has 0 aromatic carbocycles. The maximum Gasteiger partial charge on any atom is 0.293 e. The third kappa shape index (κ3) is 2.96. The first-order chi connectivity index (χ1) is 8.56. The molecule has 98 valence electrons. The van der Waals surface area contributed by atoms with Gasteiger partial charge in [0.05, 0.1) is 18.8 Å². The summed E-state index contributed by atoms with van der Waals surface area (Å²) in [4.78, 5) is 4.20. The maximum absolute atomic E-state index is 5.90. The standard InChI is InChI=1S/C12H17N3O3/c1-7(2)16-6-9(13)11-14-12(18-15-11)10-5-4-8(3)17-10/h4-5,7,9H,6,13H2,1-3H3. The van der Waals surface area contributed by atoms with Crippen LogP contribution in [0.4, 0.5) is 0 Å². The molecule has 0 fully saturated rings. The highest BCUT2D eigenvalue weighted by molar-refractivity contribution is 5.44. The second-order valence-corrected chi connectivity index (χ2v) is 4.36. The van der Waals surface area contributed by atoms with Crippen LogP contribution in [0.3, 0.4) is 0 Å². The summed E-state index contributed by atoms with van der Waals surface area (Å²) in [5.74, 6) is 2.08. The van der Waals surface area contributed by atoms with Gasteiger partial charge in [-0.1, -0.05) is 5.16 Å². The number of ether oxygens (including phenoxy) is 1. The summed E-state index contributed by atoms with van der Waals surface area (Å²) >= 11 is 0. The summed E-state index contributed by atoms with van der Waals surface area (Å²) in [6.07, 6.45) is 0.121. The zero-order chi connectivity index (χ0) is 13.1. The molecule has 0 saturated heterocycles. The number of rotatable bonds is 5. The van der Waals surface area contributed by atoms with Crippen LogP contribution in [-0.4, -0.2) is 22.9 Å². The summed E-state index contributed by atoms with van der Waals surface area (Å²) in [5.41, 5.74) is 5.90. The van der Waals surface area contributed by atoms with Crippen molar-refractivity contribution in [3.05, 3.63) is 23.7 Å². The van der Waals surface area contributed by atoms with E-state index in [1.807, 2.05) is 26.8 Å². The highest BCUT2D eigenvalue weighted by Crippen LogP contribution is 2.21. The average molecular weight is 251 g/mol. The van der Waals surface area contributed by atoms with Gasteiger partial charge in [0.25, 0.3) is 5.89 Å². The molecule has 0 saturated carbocycles. The van der Waals surface area contributed by atoms with Crippen molar-refractivity contribution in [1.29, 1.82) is 0 Å². The Morgan fingerprint density at radius 1 is 1.39 bits per heavy atom. The van der Waals surface area contributed by atoms with Gasteiger partial charge in [0.15, 0.2) is 11.6 Å². The van der Waals surface area contributed by atoms with E-state index in [1.165, 1.54) is 0 Å². The van der Waals surface area contributed by atoms with Gasteiger partial charge in [0, 0.05) is 0 Å². The fraction of sp³-hybridized carbons (Fsp3) is 0.500. The van der Waals surface area contributed by atoms with Gasteiger partial charge in [-0.3, -0.25) is 0 Å². The molecule has 6 heteroatoms. The number of nitrogens with zero attached hydrogens (tertiary/aromatic N) is 2. The molecule has 0 spiro atoms. The van der Waals surface area contributed by atoms with E-state index in [0.717, 1.165) is 5.76 Å². The number of hydrogen-bond donors (Lipinski definition) is 1. The molecule has 0 aliphatic heterocycles. The minimum absolute atomic E-state index is 0.121. The molecule has 1 unspecified atom stereocenters. The van der Waals surface area contributed by atoms with Gasteiger partial charge in [0.1, 0.15) is 5.76 Å². The van der Waals surface area contributed by atoms with Crippen molar-refractivity contribution in [2.75, 3.05) is 6.61 Å². The minimum atomic E-state index is -0.402. The van der Waals surface area contributed by atoms with Crippen LogP contribution in [0.5, 0.6) is 0 Å². The third-order valence-corrected chi connectivity index (χ3v) is 2.33. The predicted octanol–water partition coefficient (Wildman–Crippen LogP) is 2.06. The van der Waals surface area contributed by atoms with Gasteiger partial charge >= 0.3 is 0 Å². The second kappa shape index (κ2) is 5.32. The second-order valence-electron chi connectivity index (χ2n) is 4.36. The van der Waals surface area contributed by atoms with Crippen molar-refractivity contribution in [2.24, 2.45) is 5.73 Å². The number of hydrogen-bond acceptors (Lipinski definition) is 6. The van der Waals surface area contributed by atoms with E-state index in [1.54, 1.807) is 6.07 Å². The van der Waals surface area contributed by atoms with E-state index < -0.39 is 6.04 Å². The summed E-state index contributed by atoms with van der Waals surface area (Å²) in [7, 11) is 0. The smallest absolute Gasteiger partial charge is 0.293 e. The molecule has 2 heterocycles. The lowest BCUT2D eigenvalue weighted by atomic mass is 10.3. The Kier molecular flexibility index (Phi) is 3.78. The van der Waals surface area contributed by atoms with Crippen molar-refractivity contribution in [3.8, 4) is 11.7 Å². The molecular formula is C12H17N3O3. The number of furan rings is 1. The molecule has 0 aliphatic carbocycles. The number of nitrogens with two attached hydrogens (primary N) is 1. The topological polar surface area (TPSA) is 87.3 Å². The van der Waals surface area contributed by atoms with E-state index in [4.69, 9.17) is 19.4 Å². The fourth-order valence-corrected chi connectivity index (χ4v) is 1.41. The van der Waals surface area contributed by atoms with Gasteiger partial charge in [-0.2, -0.15) is 4.98 Å². The van der Waals surface area contributed by atoms with Gasteiger partial charge in [-0.05, 0) is 32.9 Å². The first kappa shape index (κ1) is 12.8. The van der Waals surface area contributed by atoms with Crippen molar-refractivity contribution in [2.45, 2.75) is 32.9 Å². The Labute approximate surface area is 105 Å². The summed E-state index contributed by atoms with van der Waals surface area (Å²) < 4.78 is 15.9. The van der Waals surface area contributed by atoms with Crippen molar-refractivity contribution < 1.29 is 13.7 Å². The molecule has 0 amide bonds. The van der Waals surface area contributed by atoms with Crippen molar-refractivity contribution in [1.82, 2.24) is 10.1 Å². The molecule has 2 N–H and O–H groups in total. The average Bonchev–Trinajstić information content (AvgIpc) is 2.93. The maximum atomic E-state index is 5.90. The molecule has 0 aliphatic rings. The van der Waals surface area contributed by atoms with E-state index in [-0.39, 0.29) is 6.10 Å². The van der Waals surface area contributed by atoms with Gasteiger partial charge in [0.2, 0.25) is 0 Å². The molecule has 18 heavy (non-hydrogen) atoms. The van der Waals surface area contributed by atoms with Gasteiger partial charge < -0.3 is 19.4 Å². The van der Waals surface area contributed by atoms with Crippen molar-refractivity contribution in [3.63, 3.8) is 0 Å². The lowest BCUT2D eigenvalue weighted by Gasteiger charge is -2.10. The van der Waals surface area contributed by atoms with Crippen LogP contribution in [0.15, 0.2) is 21.1 Å². The van der Waals surface area contributed by atoms with Crippen LogP contribution in [0.25, 0.3) is 11.7 Å². The normalized spacial score (nSPS) is 13.2. The van der Waals surface area contributed by atoms with E-state index in [2.05, 4.69) is 10.1 Å². The molecular weight excluding hydrogens is 234 g/mol. The first-order valence-corrected chi connectivity index (χ1v) is 5.84. The van der Waals surface area contributed by atoms with Crippen LogP contribution in [0.1, 0.15) is 31.5 Å². The van der Waals surface area contributed by atoms with Gasteiger partial charge in [-0.25, -0.2) is 0 Å². The Bertz CT molecular complexity index is 504. The molecule has 6 nitrogen and oxygen atoms in total. The van der Waals surface area contributed by atoms with Crippen LogP contribution >= 0.6 is 0 Å². The highest BCUT2D eigenvalue weighted by Gasteiger charge is 2.17. The zero-order valence-electron chi connectivity index (χ0n) is 10.7. The monoisotopic (exact) mass is 251 g/mol. The largest absolute Gasteiger partial charge is 0.456 e. The molecule has 2 aromatic rings. The Hall–Kier alpha value is -1.66. The van der Waals surface area contributed by atoms with Crippen LogP contribution in [-0.2, 0) is 4.74 Å². The van der Waals surface area contributed by atoms with Crippen LogP contribution in [0.2, 0.25) is 0 Å². The number of aromatic nitrogens is 2. The number of aryl methyl sites for hydroxylation is 1.